The van der Waals surface area contributed by atoms with Crippen LogP contribution in [0.1, 0.15) is 27.0 Å². The number of nitrogens with two attached hydrogens (primary N) is 1. The molecule has 102 valence electrons. The van der Waals surface area contributed by atoms with Crippen LogP contribution < -0.4 is 10.6 Å². The molecule has 0 atom stereocenters. The van der Waals surface area contributed by atoms with Gasteiger partial charge in [0, 0.05) is 29.0 Å². The first kappa shape index (κ1) is 12.7. The van der Waals surface area contributed by atoms with Crippen molar-refractivity contribution in [3.8, 4) is 0 Å². The fourth-order valence-corrected chi connectivity index (χ4v) is 2.80. The van der Waals surface area contributed by atoms with Crippen molar-refractivity contribution in [1.82, 2.24) is 0 Å². The summed E-state index contributed by atoms with van der Waals surface area (Å²) in [5.74, 6) is 0.0653. The number of carbonyl (C=O) groups excluding carboxylic acids is 1. The molecule has 1 aliphatic rings. The van der Waals surface area contributed by atoms with Crippen molar-refractivity contribution < 1.29 is 4.79 Å². The minimum Gasteiger partial charge on any atom is -0.398 e. The summed E-state index contributed by atoms with van der Waals surface area (Å²) in [5.41, 5.74) is 11.8. The van der Waals surface area contributed by atoms with E-state index in [0.29, 0.717) is 6.54 Å². The zero-order chi connectivity index (χ0) is 14.3. The summed E-state index contributed by atoms with van der Waals surface area (Å²) in [6, 6.07) is 11.6. The molecule has 0 bridgehead atoms. The van der Waals surface area contributed by atoms with Crippen molar-refractivity contribution in [1.29, 1.82) is 0 Å². The van der Waals surface area contributed by atoms with Gasteiger partial charge in [-0.2, -0.15) is 0 Å². The Bertz CT molecular complexity index is 691. The number of hydrogen-bond acceptors (Lipinski definition) is 2. The van der Waals surface area contributed by atoms with Gasteiger partial charge in [-0.3, -0.25) is 4.79 Å². The highest BCUT2D eigenvalue weighted by atomic mass is 16.2. The van der Waals surface area contributed by atoms with Crippen LogP contribution in [0.4, 0.5) is 11.4 Å². The summed E-state index contributed by atoms with van der Waals surface area (Å²) in [5, 5.41) is 0. The van der Waals surface area contributed by atoms with Crippen LogP contribution in [0.25, 0.3) is 0 Å². The Morgan fingerprint density at radius 2 is 1.90 bits per heavy atom. The van der Waals surface area contributed by atoms with E-state index in [-0.39, 0.29) is 5.91 Å². The molecule has 0 unspecified atom stereocenters. The number of benzene rings is 2. The summed E-state index contributed by atoms with van der Waals surface area (Å²) >= 11 is 0. The van der Waals surface area contributed by atoms with Crippen molar-refractivity contribution in [2.45, 2.75) is 20.3 Å². The van der Waals surface area contributed by atoms with Crippen molar-refractivity contribution in [2.24, 2.45) is 0 Å². The first-order valence-electron chi connectivity index (χ1n) is 6.85. The van der Waals surface area contributed by atoms with Gasteiger partial charge in [0.1, 0.15) is 0 Å². The zero-order valence-electron chi connectivity index (χ0n) is 11.8. The van der Waals surface area contributed by atoms with E-state index in [1.807, 2.05) is 55.1 Å². The molecule has 0 aromatic heterocycles. The lowest BCUT2D eigenvalue weighted by Gasteiger charge is -2.19. The average molecular weight is 266 g/mol. The average Bonchev–Trinajstić information content (AvgIpc) is 2.86. The molecule has 2 aromatic carbocycles. The number of nitrogens with zero attached hydrogens (tertiary/aromatic N) is 1. The van der Waals surface area contributed by atoms with Crippen molar-refractivity contribution in [2.75, 3.05) is 17.2 Å². The highest BCUT2D eigenvalue weighted by molar-refractivity contribution is 6.08. The Labute approximate surface area is 119 Å². The lowest BCUT2D eigenvalue weighted by molar-refractivity contribution is 0.0988. The number of fused-ring (bicyclic) bond motifs is 1. The van der Waals surface area contributed by atoms with Crippen LogP contribution >= 0.6 is 0 Å². The molecule has 3 heteroatoms. The fraction of sp³-hybridized carbons (Fsp3) is 0.235. The second-order valence-corrected chi connectivity index (χ2v) is 5.30. The molecular weight excluding hydrogens is 248 g/mol. The van der Waals surface area contributed by atoms with E-state index in [0.717, 1.165) is 40.0 Å². The number of amides is 1. The molecule has 3 rings (SSSR count). The fourth-order valence-electron chi connectivity index (χ4n) is 2.80. The highest BCUT2D eigenvalue weighted by Crippen LogP contribution is 2.33. The summed E-state index contributed by atoms with van der Waals surface area (Å²) in [4.78, 5) is 14.6. The van der Waals surface area contributed by atoms with Crippen LogP contribution in [0.3, 0.4) is 0 Å². The van der Waals surface area contributed by atoms with Crippen LogP contribution in [-0.2, 0) is 6.42 Å². The first-order chi connectivity index (χ1) is 9.59. The highest BCUT2D eigenvalue weighted by Gasteiger charge is 2.27. The Balaban J connectivity index is 2.02. The summed E-state index contributed by atoms with van der Waals surface area (Å²) in [6.45, 7) is 4.73. The van der Waals surface area contributed by atoms with Gasteiger partial charge in [-0.15, -0.1) is 0 Å². The van der Waals surface area contributed by atoms with Gasteiger partial charge in [0.2, 0.25) is 0 Å². The Kier molecular flexibility index (Phi) is 2.97. The van der Waals surface area contributed by atoms with E-state index < -0.39 is 0 Å². The van der Waals surface area contributed by atoms with E-state index >= 15 is 0 Å². The molecule has 3 nitrogen and oxygen atoms in total. The SMILES string of the molecule is Cc1cccc(C(=O)N2CCc3c(N)cccc32)c1C. The number of anilines is 2. The molecule has 0 saturated heterocycles. The molecular formula is C17H18N2O. The maximum Gasteiger partial charge on any atom is 0.258 e. The molecule has 0 radical (unpaired) electrons. The number of aryl methyl sites for hydroxylation is 1. The van der Waals surface area contributed by atoms with E-state index in [1.165, 1.54) is 0 Å². The normalized spacial score (nSPS) is 13.4. The monoisotopic (exact) mass is 266 g/mol. The van der Waals surface area contributed by atoms with Crippen LogP contribution in [0.5, 0.6) is 0 Å². The molecule has 2 N–H and O–H groups in total. The Morgan fingerprint density at radius 1 is 1.15 bits per heavy atom. The standard InChI is InChI=1S/C17H18N2O/c1-11-5-3-6-13(12(11)2)17(20)19-10-9-14-15(18)7-4-8-16(14)19/h3-8H,9-10,18H2,1-2H3. The maximum atomic E-state index is 12.8. The third kappa shape index (κ3) is 1.86. The van der Waals surface area contributed by atoms with Crippen molar-refractivity contribution >= 4 is 17.3 Å². The molecule has 1 aliphatic heterocycles. The predicted octanol–water partition coefficient (Wildman–Crippen LogP) is 3.09. The van der Waals surface area contributed by atoms with Crippen LogP contribution in [0.15, 0.2) is 36.4 Å². The number of rotatable bonds is 1. The van der Waals surface area contributed by atoms with Crippen LogP contribution in [-0.4, -0.2) is 12.5 Å². The van der Waals surface area contributed by atoms with E-state index in [9.17, 15) is 4.79 Å². The van der Waals surface area contributed by atoms with Gasteiger partial charge in [0.05, 0.1) is 0 Å². The van der Waals surface area contributed by atoms with Crippen LogP contribution in [0, 0.1) is 13.8 Å². The third-order valence-electron chi connectivity index (χ3n) is 4.14. The summed E-state index contributed by atoms with van der Waals surface area (Å²) in [7, 11) is 0. The number of hydrogen-bond donors (Lipinski definition) is 1. The van der Waals surface area contributed by atoms with Crippen molar-refractivity contribution in [3.63, 3.8) is 0 Å². The molecule has 20 heavy (non-hydrogen) atoms. The van der Waals surface area contributed by atoms with Gasteiger partial charge in [-0.25, -0.2) is 0 Å². The topological polar surface area (TPSA) is 46.3 Å². The Morgan fingerprint density at radius 3 is 2.70 bits per heavy atom. The smallest absolute Gasteiger partial charge is 0.258 e. The molecule has 2 aromatic rings. The van der Waals surface area contributed by atoms with Gasteiger partial charge in [-0.1, -0.05) is 18.2 Å². The summed E-state index contributed by atoms with van der Waals surface area (Å²) < 4.78 is 0. The molecule has 0 saturated carbocycles. The Hall–Kier alpha value is -2.29. The van der Waals surface area contributed by atoms with Crippen LogP contribution in [0.2, 0.25) is 0 Å². The first-order valence-corrected chi connectivity index (χ1v) is 6.85. The van der Waals surface area contributed by atoms with E-state index in [4.69, 9.17) is 5.73 Å². The summed E-state index contributed by atoms with van der Waals surface area (Å²) in [6.07, 6.45) is 0.832. The zero-order valence-corrected chi connectivity index (χ0v) is 11.8. The second kappa shape index (κ2) is 4.67. The molecule has 1 amide bonds. The third-order valence-corrected chi connectivity index (χ3v) is 4.14. The minimum atomic E-state index is 0.0653. The molecule has 0 aliphatic carbocycles. The van der Waals surface area contributed by atoms with Crippen molar-refractivity contribution in [3.05, 3.63) is 58.7 Å². The van der Waals surface area contributed by atoms with Gasteiger partial charge in [0.15, 0.2) is 0 Å². The molecule has 0 spiro atoms. The number of nitrogen functional groups attached to an aromatic ring is 1. The minimum absolute atomic E-state index is 0.0653. The van der Waals surface area contributed by atoms with E-state index in [2.05, 4.69) is 0 Å². The van der Waals surface area contributed by atoms with Gasteiger partial charge < -0.3 is 10.6 Å². The second-order valence-electron chi connectivity index (χ2n) is 5.30. The lowest BCUT2D eigenvalue weighted by atomic mass is 10.0. The maximum absolute atomic E-state index is 12.8. The molecule has 1 heterocycles. The largest absolute Gasteiger partial charge is 0.398 e. The van der Waals surface area contributed by atoms with Gasteiger partial charge in [-0.05, 0) is 49.6 Å². The van der Waals surface area contributed by atoms with Gasteiger partial charge >= 0.3 is 0 Å². The quantitative estimate of drug-likeness (QED) is 0.806. The van der Waals surface area contributed by atoms with E-state index in [1.54, 1.807) is 0 Å². The molecule has 0 fully saturated rings. The predicted molar refractivity (Wildman–Crippen MR) is 82.2 cm³/mol. The number of carbonyl (C=O) groups is 1. The lowest BCUT2D eigenvalue weighted by Crippen LogP contribution is -2.29. The van der Waals surface area contributed by atoms with Gasteiger partial charge in [0.25, 0.3) is 5.91 Å².